The van der Waals surface area contributed by atoms with E-state index in [4.69, 9.17) is 4.42 Å². The topological polar surface area (TPSA) is 16.4 Å². The highest BCUT2D eigenvalue weighted by molar-refractivity contribution is 7.25. The molecule has 0 saturated carbocycles. The molecule has 3 heteroatoms. The second kappa shape index (κ2) is 13.1. The van der Waals surface area contributed by atoms with Crippen molar-refractivity contribution in [3.63, 3.8) is 0 Å². The molecule has 0 bridgehead atoms. The number of fused-ring (bicyclic) bond motifs is 6. The monoisotopic (exact) mass is 693 g/mol. The lowest BCUT2D eigenvalue weighted by Gasteiger charge is -2.35. The molecule has 7 aromatic rings. The predicted octanol–water partition coefficient (Wildman–Crippen LogP) is 14.7. The van der Waals surface area contributed by atoms with Gasteiger partial charge in [0, 0.05) is 48.2 Å². The second-order valence-corrected chi connectivity index (χ2v) is 16.1. The average molecular weight is 694 g/mol. The van der Waals surface area contributed by atoms with E-state index >= 15 is 0 Å². The van der Waals surface area contributed by atoms with Crippen molar-refractivity contribution in [2.24, 2.45) is 11.8 Å². The second-order valence-electron chi connectivity index (χ2n) is 15.0. The fourth-order valence-corrected chi connectivity index (χ4v) is 10.2. The third-order valence-corrected chi connectivity index (χ3v) is 13.0. The summed E-state index contributed by atoms with van der Waals surface area (Å²) in [7, 11) is 0. The highest BCUT2D eigenvalue weighted by Gasteiger charge is 2.26. The molecule has 10 rings (SSSR count). The molecule has 2 heterocycles. The average Bonchev–Trinajstić information content (AvgIpc) is 3.77. The SMILES string of the molecule is CC1CCCC=C1C1CC=C(N(c2ccc(-c3ccc4oc5c(c4c3)CCC=C5)cc2)c2ccc(-c3ccc4sc5ccccc5c4c3)cc2)CC1. The molecule has 0 saturated heterocycles. The van der Waals surface area contributed by atoms with Gasteiger partial charge in [-0.1, -0.05) is 85.3 Å². The first-order valence-electron chi connectivity index (χ1n) is 19.2. The number of allylic oxidation sites excluding steroid dienone is 5. The van der Waals surface area contributed by atoms with Crippen LogP contribution in [-0.4, -0.2) is 0 Å². The van der Waals surface area contributed by atoms with Crippen molar-refractivity contribution in [1.82, 2.24) is 0 Å². The van der Waals surface area contributed by atoms with Crippen LogP contribution in [0.1, 0.15) is 63.2 Å². The summed E-state index contributed by atoms with van der Waals surface area (Å²) in [6, 6.07) is 40.9. The van der Waals surface area contributed by atoms with E-state index in [0.717, 1.165) is 42.9 Å². The van der Waals surface area contributed by atoms with Gasteiger partial charge in [0.15, 0.2) is 0 Å². The molecule has 256 valence electrons. The zero-order valence-electron chi connectivity index (χ0n) is 29.8. The highest BCUT2D eigenvalue weighted by atomic mass is 32.1. The number of nitrogens with zero attached hydrogens (tertiary/aromatic N) is 1. The van der Waals surface area contributed by atoms with E-state index in [1.54, 1.807) is 5.57 Å². The van der Waals surface area contributed by atoms with Gasteiger partial charge < -0.3 is 9.32 Å². The number of hydrogen-bond donors (Lipinski definition) is 0. The van der Waals surface area contributed by atoms with Gasteiger partial charge in [0.2, 0.25) is 0 Å². The summed E-state index contributed by atoms with van der Waals surface area (Å²) in [6.45, 7) is 2.44. The van der Waals surface area contributed by atoms with Crippen LogP contribution in [0.15, 0.2) is 143 Å². The van der Waals surface area contributed by atoms with E-state index in [0.29, 0.717) is 5.92 Å². The number of aryl methyl sites for hydroxylation is 1. The Labute approximate surface area is 310 Å². The Kier molecular flexibility index (Phi) is 7.98. The molecule has 0 fully saturated rings. The molecule has 2 atom stereocenters. The van der Waals surface area contributed by atoms with E-state index in [1.165, 1.54) is 96.1 Å². The first-order chi connectivity index (χ1) is 25.7. The lowest BCUT2D eigenvalue weighted by atomic mass is 9.76. The lowest BCUT2D eigenvalue weighted by Crippen LogP contribution is -2.22. The number of anilines is 2. The van der Waals surface area contributed by atoms with Gasteiger partial charge in [-0.25, -0.2) is 0 Å². The Morgan fingerprint density at radius 3 is 2.12 bits per heavy atom. The number of furan rings is 1. The number of hydrogen-bond acceptors (Lipinski definition) is 3. The first kappa shape index (κ1) is 31.6. The molecule has 0 spiro atoms. The van der Waals surface area contributed by atoms with Crippen molar-refractivity contribution in [3.8, 4) is 22.3 Å². The summed E-state index contributed by atoms with van der Waals surface area (Å²) in [6.07, 6.45) is 18.9. The van der Waals surface area contributed by atoms with Gasteiger partial charge in [0.05, 0.1) is 0 Å². The minimum Gasteiger partial charge on any atom is -0.456 e. The van der Waals surface area contributed by atoms with Crippen molar-refractivity contribution in [3.05, 3.63) is 150 Å². The summed E-state index contributed by atoms with van der Waals surface area (Å²) in [5.74, 6) is 2.42. The zero-order valence-corrected chi connectivity index (χ0v) is 30.6. The van der Waals surface area contributed by atoms with E-state index < -0.39 is 0 Å². The molecular weight excluding hydrogens is 651 g/mol. The maximum Gasteiger partial charge on any atom is 0.135 e. The van der Waals surface area contributed by atoms with Crippen LogP contribution in [0.2, 0.25) is 0 Å². The Morgan fingerprint density at radius 1 is 0.654 bits per heavy atom. The molecule has 0 aliphatic heterocycles. The molecule has 2 aromatic heterocycles. The van der Waals surface area contributed by atoms with Gasteiger partial charge in [-0.05, 0) is 146 Å². The molecule has 52 heavy (non-hydrogen) atoms. The van der Waals surface area contributed by atoms with Crippen molar-refractivity contribution in [1.29, 1.82) is 0 Å². The molecule has 0 radical (unpaired) electrons. The fraction of sp³-hybridized carbons (Fsp3) is 0.224. The van der Waals surface area contributed by atoms with Gasteiger partial charge in [-0.3, -0.25) is 0 Å². The van der Waals surface area contributed by atoms with Crippen LogP contribution in [0.4, 0.5) is 11.4 Å². The summed E-state index contributed by atoms with van der Waals surface area (Å²) in [4.78, 5) is 2.51. The van der Waals surface area contributed by atoms with Crippen LogP contribution < -0.4 is 4.90 Å². The normalized spacial score (nSPS) is 18.8. The summed E-state index contributed by atoms with van der Waals surface area (Å²) in [5.41, 5.74) is 12.9. The molecule has 3 aliphatic rings. The standard InChI is InChI=1S/C49H43NOS/c1-32-8-2-3-9-41(32)35-18-26-40(27-19-35)50(38-22-14-33(15-23-38)36-20-28-47-44(30-36)42-10-4-6-12-46(42)51-47)39-24-16-34(17-25-39)37-21-29-49-45(31-37)43-11-5-7-13-48(43)52-49/h5-7,9,11-17,20-26,28-32,35H,2-4,8,10,18-19,27H2,1H3. The minimum atomic E-state index is 0.674. The molecule has 3 aliphatic carbocycles. The van der Waals surface area contributed by atoms with Crippen LogP contribution in [0.25, 0.3) is 59.5 Å². The maximum atomic E-state index is 6.17. The van der Waals surface area contributed by atoms with Crippen LogP contribution in [-0.2, 0) is 6.42 Å². The predicted molar refractivity (Wildman–Crippen MR) is 222 cm³/mol. The summed E-state index contributed by atoms with van der Waals surface area (Å²) in [5, 5.41) is 3.94. The fourth-order valence-electron chi connectivity index (χ4n) is 9.11. The van der Waals surface area contributed by atoms with Crippen molar-refractivity contribution >= 4 is 59.9 Å². The van der Waals surface area contributed by atoms with E-state index in [-0.39, 0.29) is 0 Å². The zero-order chi connectivity index (χ0) is 34.6. The molecule has 0 amide bonds. The Hall–Kier alpha value is -5.12. The van der Waals surface area contributed by atoms with E-state index in [2.05, 4.69) is 145 Å². The Bertz CT molecular complexity index is 2540. The lowest BCUT2D eigenvalue weighted by molar-refractivity contribution is 0.435. The van der Waals surface area contributed by atoms with Gasteiger partial charge in [0.25, 0.3) is 0 Å². The number of rotatable bonds is 6. The molecule has 5 aromatic carbocycles. The van der Waals surface area contributed by atoms with Gasteiger partial charge in [-0.15, -0.1) is 11.3 Å². The molecule has 2 nitrogen and oxygen atoms in total. The van der Waals surface area contributed by atoms with Gasteiger partial charge in [0.1, 0.15) is 11.3 Å². The van der Waals surface area contributed by atoms with Crippen molar-refractivity contribution in [2.75, 3.05) is 4.90 Å². The van der Waals surface area contributed by atoms with Crippen LogP contribution in [0.5, 0.6) is 0 Å². The van der Waals surface area contributed by atoms with Crippen molar-refractivity contribution < 1.29 is 4.42 Å². The largest absolute Gasteiger partial charge is 0.456 e. The van der Waals surface area contributed by atoms with Crippen molar-refractivity contribution in [2.45, 2.75) is 58.3 Å². The maximum absolute atomic E-state index is 6.17. The van der Waals surface area contributed by atoms with Crippen LogP contribution in [0, 0.1) is 11.8 Å². The van der Waals surface area contributed by atoms with Crippen LogP contribution in [0.3, 0.4) is 0 Å². The van der Waals surface area contributed by atoms with Gasteiger partial charge >= 0.3 is 0 Å². The summed E-state index contributed by atoms with van der Waals surface area (Å²) >= 11 is 1.88. The number of thiophene rings is 1. The molecule has 2 unspecified atom stereocenters. The Balaban J connectivity index is 0.991. The molecular formula is C49H43NOS. The molecule has 0 N–H and O–H groups in total. The van der Waals surface area contributed by atoms with E-state index in [9.17, 15) is 0 Å². The summed E-state index contributed by atoms with van der Waals surface area (Å²) < 4.78 is 8.86. The minimum absolute atomic E-state index is 0.674. The van der Waals surface area contributed by atoms with Crippen LogP contribution >= 0.6 is 11.3 Å². The van der Waals surface area contributed by atoms with E-state index in [1.807, 2.05) is 11.3 Å². The smallest absolute Gasteiger partial charge is 0.135 e. The third kappa shape index (κ3) is 5.63. The first-order valence-corrected chi connectivity index (χ1v) is 20.0. The highest BCUT2D eigenvalue weighted by Crippen LogP contribution is 2.43. The van der Waals surface area contributed by atoms with Gasteiger partial charge in [-0.2, -0.15) is 0 Å². The third-order valence-electron chi connectivity index (χ3n) is 11.9. The Morgan fingerprint density at radius 2 is 1.37 bits per heavy atom. The quantitative estimate of drug-likeness (QED) is 0.161. The number of benzene rings is 5.